The zero-order valence-corrected chi connectivity index (χ0v) is 6.90. The van der Waals surface area contributed by atoms with Crippen molar-refractivity contribution in [1.29, 1.82) is 0 Å². The van der Waals surface area contributed by atoms with Crippen LogP contribution in [0.3, 0.4) is 0 Å². The smallest absolute Gasteiger partial charge is 0.106 e. The molecule has 12 heavy (non-hydrogen) atoms. The van der Waals surface area contributed by atoms with Crippen molar-refractivity contribution in [3.63, 3.8) is 0 Å². The molecule has 64 valence electrons. The van der Waals surface area contributed by atoms with Crippen molar-refractivity contribution in [3.8, 4) is 0 Å². The number of rotatable bonds is 1. The highest BCUT2D eigenvalue weighted by Gasteiger charge is 2.15. The standard InChI is InChI=1S/C10H12O2/c1-2-4-9(5-3-1)10-8-11-6-7-12-10/h1-5,10H,6-8H2/t10-/m1/s1. The number of hydrogen-bond acceptors (Lipinski definition) is 2. The zero-order valence-electron chi connectivity index (χ0n) is 6.90. The Morgan fingerprint density at radius 1 is 1.08 bits per heavy atom. The van der Waals surface area contributed by atoms with Crippen molar-refractivity contribution in [3.05, 3.63) is 35.9 Å². The molecule has 0 aromatic heterocycles. The van der Waals surface area contributed by atoms with Crippen LogP contribution in [0.15, 0.2) is 30.3 Å². The molecule has 0 aliphatic carbocycles. The molecule has 1 heterocycles. The van der Waals surface area contributed by atoms with E-state index in [4.69, 9.17) is 9.47 Å². The van der Waals surface area contributed by atoms with Crippen LogP contribution in [0.2, 0.25) is 0 Å². The van der Waals surface area contributed by atoms with Crippen molar-refractivity contribution >= 4 is 0 Å². The maximum absolute atomic E-state index is 5.54. The van der Waals surface area contributed by atoms with E-state index < -0.39 is 0 Å². The fourth-order valence-corrected chi connectivity index (χ4v) is 1.35. The van der Waals surface area contributed by atoms with Gasteiger partial charge >= 0.3 is 0 Å². The molecule has 1 atom stereocenters. The van der Waals surface area contributed by atoms with Gasteiger partial charge in [-0.15, -0.1) is 0 Å². The number of benzene rings is 1. The molecule has 2 heteroatoms. The average molecular weight is 164 g/mol. The molecular weight excluding hydrogens is 152 g/mol. The molecular formula is C10H12O2. The van der Waals surface area contributed by atoms with Gasteiger partial charge in [0.25, 0.3) is 0 Å². The van der Waals surface area contributed by atoms with Gasteiger partial charge in [0.05, 0.1) is 19.8 Å². The Bertz CT molecular complexity index is 227. The highest BCUT2D eigenvalue weighted by atomic mass is 16.6. The summed E-state index contributed by atoms with van der Waals surface area (Å²) in [7, 11) is 0. The van der Waals surface area contributed by atoms with E-state index >= 15 is 0 Å². The predicted octanol–water partition coefficient (Wildman–Crippen LogP) is 1.77. The summed E-state index contributed by atoms with van der Waals surface area (Å²) in [5.74, 6) is 0. The van der Waals surface area contributed by atoms with Gasteiger partial charge in [-0.3, -0.25) is 0 Å². The summed E-state index contributed by atoms with van der Waals surface area (Å²) in [5.41, 5.74) is 1.21. The highest BCUT2D eigenvalue weighted by molar-refractivity contribution is 5.17. The minimum Gasteiger partial charge on any atom is -0.376 e. The fourth-order valence-electron chi connectivity index (χ4n) is 1.35. The van der Waals surface area contributed by atoms with Crippen LogP contribution in [0.5, 0.6) is 0 Å². The minimum absolute atomic E-state index is 0.139. The molecule has 1 fully saturated rings. The molecule has 0 spiro atoms. The zero-order chi connectivity index (χ0) is 8.23. The normalized spacial score (nSPS) is 23.8. The van der Waals surface area contributed by atoms with Gasteiger partial charge in [0.2, 0.25) is 0 Å². The summed E-state index contributed by atoms with van der Waals surface area (Å²) in [6.07, 6.45) is 0.139. The molecule has 1 saturated heterocycles. The third kappa shape index (κ3) is 1.65. The Morgan fingerprint density at radius 3 is 2.58 bits per heavy atom. The predicted molar refractivity (Wildman–Crippen MR) is 46.0 cm³/mol. The molecule has 1 aromatic carbocycles. The topological polar surface area (TPSA) is 18.5 Å². The maximum Gasteiger partial charge on any atom is 0.106 e. The van der Waals surface area contributed by atoms with Gasteiger partial charge in [0, 0.05) is 0 Å². The third-order valence-corrected chi connectivity index (χ3v) is 1.99. The van der Waals surface area contributed by atoms with Crippen LogP contribution in [0.1, 0.15) is 11.7 Å². The Morgan fingerprint density at radius 2 is 1.92 bits per heavy atom. The van der Waals surface area contributed by atoms with Crippen LogP contribution in [0.4, 0.5) is 0 Å². The number of hydrogen-bond donors (Lipinski definition) is 0. The minimum atomic E-state index is 0.139. The molecule has 1 aliphatic rings. The summed E-state index contributed by atoms with van der Waals surface area (Å²) in [4.78, 5) is 0. The maximum atomic E-state index is 5.54. The Kier molecular flexibility index (Phi) is 2.39. The molecule has 0 radical (unpaired) electrons. The van der Waals surface area contributed by atoms with Crippen LogP contribution >= 0.6 is 0 Å². The van der Waals surface area contributed by atoms with Gasteiger partial charge < -0.3 is 9.47 Å². The van der Waals surface area contributed by atoms with E-state index in [1.54, 1.807) is 0 Å². The first-order chi connectivity index (χ1) is 5.97. The van der Waals surface area contributed by atoms with Gasteiger partial charge in [0.1, 0.15) is 6.10 Å². The van der Waals surface area contributed by atoms with E-state index in [-0.39, 0.29) is 6.10 Å². The van der Waals surface area contributed by atoms with E-state index in [9.17, 15) is 0 Å². The van der Waals surface area contributed by atoms with E-state index in [0.29, 0.717) is 13.2 Å². The molecule has 2 nitrogen and oxygen atoms in total. The Hall–Kier alpha value is -0.860. The molecule has 0 amide bonds. The van der Waals surface area contributed by atoms with E-state index in [1.165, 1.54) is 5.56 Å². The lowest BCUT2D eigenvalue weighted by molar-refractivity contribution is -0.0901. The molecule has 1 aromatic rings. The summed E-state index contributed by atoms with van der Waals surface area (Å²) in [5, 5.41) is 0. The second kappa shape index (κ2) is 3.70. The SMILES string of the molecule is c1ccc([C@H]2COCCO2)cc1. The van der Waals surface area contributed by atoms with Crippen LogP contribution < -0.4 is 0 Å². The fraction of sp³-hybridized carbons (Fsp3) is 0.400. The molecule has 0 bridgehead atoms. The van der Waals surface area contributed by atoms with Gasteiger partial charge in [-0.1, -0.05) is 30.3 Å². The Labute approximate surface area is 72.1 Å². The highest BCUT2D eigenvalue weighted by Crippen LogP contribution is 2.19. The number of ether oxygens (including phenoxy) is 2. The lowest BCUT2D eigenvalue weighted by Crippen LogP contribution is -2.21. The first-order valence-electron chi connectivity index (χ1n) is 4.21. The molecule has 2 rings (SSSR count). The first-order valence-corrected chi connectivity index (χ1v) is 4.21. The quantitative estimate of drug-likeness (QED) is 0.629. The van der Waals surface area contributed by atoms with Gasteiger partial charge in [0.15, 0.2) is 0 Å². The van der Waals surface area contributed by atoms with Gasteiger partial charge in [-0.2, -0.15) is 0 Å². The van der Waals surface area contributed by atoms with Crippen molar-refractivity contribution in [2.75, 3.05) is 19.8 Å². The summed E-state index contributed by atoms with van der Waals surface area (Å²) in [6, 6.07) is 10.2. The van der Waals surface area contributed by atoms with Crippen molar-refractivity contribution in [2.24, 2.45) is 0 Å². The molecule has 0 saturated carbocycles. The van der Waals surface area contributed by atoms with E-state index in [2.05, 4.69) is 12.1 Å². The van der Waals surface area contributed by atoms with Crippen LogP contribution in [-0.4, -0.2) is 19.8 Å². The summed E-state index contributed by atoms with van der Waals surface area (Å²) in [6.45, 7) is 2.12. The van der Waals surface area contributed by atoms with Crippen molar-refractivity contribution in [1.82, 2.24) is 0 Å². The second-order valence-electron chi connectivity index (χ2n) is 2.85. The van der Waals surface area contributed by atoms with Crippen LogP contribution in [-0.2, 0) is 9.47 Å². The van der Waals surface area contributed by atoms with Crippen molar-refractivity contribution in [2.45, 2.75) is 6.10 Å². The van der Waals surface area contributed by atoms with Gasteiger partial charge in [-0.25, -0.2) is 0 Å². The lowest BCUT2D eigenvalue weighted by atomic mass is 10.1. The van der Waals surface area contributed by atoms with Gasteiger partial charge in [-0.05, 0) is 5.56 Å². The van der Waals surface area contributed by atoms with E-state index in [1.807, 2.05) is 18.2 Å². The molecule has 0 N–H and O–H groups in total. The van der Waals surface area contributed by atoms with Crippen LogP contribution in [0.25, 0.3) is 0 Å². The largest absolute Gasteiger partial charge is 0.376 e. The molecule has 1 aliphatic heterocycles. The second-order valence-corrected chi connectivity index (χ2v) is 2.85. The first kappa shape index (κ1) is 7.77. The molecule has 0 unspecified atom stereocenters. The average Bonchev–Trinajstić information content (AvgIpc) is 2.21. The Balaban J connectivity index is 2.08. The summed E-state index contributed by atoms with van der Waals surface area (Å²) < 4.78 is 10.9. The van der Waals surface area contributed by atoms with Crippen LogP contribution in [0, 0.1) is 0 Å². The lowest BCUT2D eigenvalue weighted by Gasteiger charge is -2.22. The van der Waals surface area contributed by atoms with E-state index in [0.717, 1.165) is 6.61 Å². The third-order valence-electron chi connectivity index (χ3n) is 1.99. The van der Waals surface area contributed by atoms with Crippen molar-refractivity contribution < 1.29 is 9.47 Å². The monoisotopic (exact) mass is 164 g/mol. The summed E-state index contributed by atoms with van der Waals surface area (Å²) >= 11 is 0.